The molecule has 0 fully saturated rings. The van der Waals surface area contributed by atoms with Crippen LogP contribution in [0.1, 0.15) is 137 Å². The molecule has 0 N–H and O–H groups in total. The van der Waals surface area contributed by atoms with Crippen molar-refractivity contribution < 1.29 is 19.1 Å². The van der Waals surface area contributed by atoms with Crippen LogP contribution in [0, 0.1) is 5.41 Å². The molecule has 0 heterocycles. The number of thioether (sulfide) groups is 1. The SMILES string of the molecule is C=C(C)CC(=O)OCCSCC(C)(C)C(=O)OCCCCCCCCCCCCCCCCCC. The number of unbranched alkanes of at least 4 members (excludes halogenated alkanes) is 15. The summed E-state index contributed by atoms with van der Waals surface area (Å²) in [4.78, 5) is 23.9. The van der Waals surface area contributed by atoms with E-state index >= 15 is 0 Å². The second-order valence-corrected chi connectivity index (χ2v) is 11.8. The third kappa shape index (κ3) is 23.2. The zero-order valence-corrected chi connectivity index (χ0v) is 24.4. The van der Waals surface area contributed by atoms with Gasteiger partial charge in [-0.1, -0.05) is 115 Å². The molecule has 0 aromatic heterocycles. The van der Waals surface area contributed by atoms with Crippen molar-refractivity contribution in [1.29, 1.82) is 0 Å². The summed E-state index contributed by atoms with van der Waals surface area (Å²) in [6.45, 7) is 12.5. The molecule has 0 aromatic carbocycles. The Morgan fingerprint density at radius 3 is 1.63 bits per heavy atom. The first-order valence-corrected chi connectivity index (χ1v) is 15.5. The molecule has 0 atom stereocenters. The number of hydrogen-bond acceptors (Lipinski definition) is 5. The van der Waals surface area contributed by atoms with Crippen LogP contribution in [0.2, 0.25) is 0 Å². The number of carbonyl (C=O) groups excluding carboxylic acids is 2. The maximum atomic E-state index is 12.4. The van der Waals surface area contributed by atoms with Crippen LogP contribution in [-0.2, 0) is 19.1 Å². The fourth-order valence-electron chi connectivity index (χ4n) is 3.91. The van der Waals surface area contributed by atoms with Crippen molar-refractivity contribution in [1.82, 2.24) is 0 Å². The van der Waals surface area contributed by atoms with Crippen molar-refractivity contribution in [2.45, 2.75) is 137 Å². The Labute approximate surface area is 221 Å². The molecule has 0 saturated heterocycles. The lowest BCUT2D eigenvalue weighted by molar-refractivity contribution is -0.152. The molecular weight excluding hydrogens is 456 g/mol. The van der Waals surface area contributed by atoms with Crippen molar-refractivity contribution in [3.05, 3.63) is 12.2 Å². The molecule has 0 spiro atoms. The van der Waals surface area contributed by atoms with Crippen LogP contribution >= 0.6 is 11.8 Å². The van der Waals surface area contributed by atoms with Gasteiger partial charge in [-0.3, -0.25) is 9.59 Å². The lowest BCUT2D eigenvalue weighted by Crippen LogP contribution is -2.29. The van der Waals surface area contributed by atoms with E-state index in [1.165, 1.54) is 89.9 Å². The van der Waals surface area contributed by atoms with Gasteiger partial charge in [-0.2, -0.15) is 11.8 Å². The minimum Gasteiger partial charge on any atom is -0.465 e. The third-order valence-electron chi connectivity index (χ3n) is 6.18. The Morgan fingerprint density at radius 2 is 1.17 bits per heavy atom. The third-order valence-corrected chi connectivity index (χ3v) is 7.56. The molecule has 5 heteroatoms. The van der Waals surface area contributed by atoms with E-state index < -0.39 is 5.41 Å². The Morgan fingerprint density at radius 1 is 0.714 bits per heavy atom. The summed E-state index contributed by atoms with van der Waals surface area (Å²) in [5.41, 5.74) is 0.275. The largest absolute Gasteiger partial charge is 0.465 e. The maximum Gasteiger partial charge on any atom is 0.312 e. The predicted molar refractivity (Wildman–Crippen MR) is 152 cm³/mol. The molecule has 4 nitrogen and oxygen atoms in total. The molecule has 206 valence electrons. The van der Waals surface area contributed by atoms with E-state index in [9.17, 15) is 9.59 Å². The standard InChI is InChI=1S/C30H56O4S/c1-6-7-8-9-10-11-12-13-14-15-16-17-18-19-20-21-22-34-29(32)30(4,5)26-35-24-23-33-28(31)25-27(2)3/h2,6-26H2,1,3-5H3. The monoisotopic (exact) mass is 512 g/mol. The van der Waals surface area contributed by atoms with E-state index in [0.29, 0.717) is 24.7 Å². The fraction of sp³-hybridized carbons (Fsp3) is 0.867. The zero-order chi connectivity index (χ0) is 26.2. The summed E-state index contributed by atoms with van der Waals surface area (Å²) in [6, 6.07) is 0. The van der Waals surface area contributed by atoms with Gasteiger partial charge in [0, 0.05) is 11.5 Å². The Kier molecular flexibility index (Phi) is 22.8. The van der Waals surface area contributed by atoms with E-state index in [4.69, 9.17) is 9.47 Å². The maximum absolute atomic E-state index is 12.4. The first kappa shape index (κ1) is 34.0. The van der Waals surface area contributed by atoms with Gasteiger partial charge in [0.2, 0.25) is 0 Å². The van der Waals surface area contributed by atoms with Crippen LogP contribution in [0.3, 0.4) is 0 Å². The second kappa shape index (κ2) is 23.4. The molecule has 0 aliphatic carbocycles. The topological polar surface area (TPSA) is 52.6 Å². The summed E-state index contributed by atoms with van der Waals surface area (Å²) in [6.07, 6.45) is 21.7. The number of hydrogen-bond donors (Lipinski definition) is 0. The van der Waals surface area contributed by atoms with Gasteiger partial charge in [0.05, 0.1) is 18.4 Å². The molecule has 0 unspecified atom stereocenters. The van der Waals surface area contributed by atoms with Gasteiger partial charge in [0.1, 0.15) is 6.61 Å². The predicted octanol–water partition coefficient (Wildman–Crippen LogP) is 9.06. The van der Waals surface area contributed by atoms with Gasteiger partial charge < -0.3 is 9.47 Å². The molecule has 0 rings (SSSR count). The highest BCUT2D eigenvalue weighted by Crippen LogP contribution is 2.24. The molecule has 35 heavy (non-hydrogen) atoms. The van der Waals surface area contributed by atoms with Gasteiger partial charge in [-0.15, -0.1) is 0 Å². The first-order valence-electron chi connectivity index (χ1n) is 14.3. The minimum absolute atomic E-state index is 0.134. The lowest BCUT2D eigenvalue weighted by Gasteiger charge is -2.22. The fourth-order valence-corrected chi connectivity index (χ4v) is 4.88. The van der Waals surface area contributed by atoms with Crippen LogP contribution in [0.5, 0.6) is 0 Å². The van der Waals surface area contributed by atoms with E-state index in [0.717, 1.165) is 18.4 Å². The summed E-state index contributed by atoms with van der Waals surface area (Å²) in [5.74, 6) is 0.960. The summed E-state index contributed by atoms with van der Waals surface area (Å²) in [7, 11) is 0. The van der Waals surface area contributed by atoms with Crippen molar-refractivity contribution >= 4 is 23.7 Å². The van der Waals surface area contributed by atoms with Gasteiger partial charge in [0.15, 0.2) is 0 Å². The Balaban J connectivity index is 3.49. The molecule has 0 aromatic rings. The molecule has 0 saturated carbocycles. The smallest absolute Gasteiger partial charge is 0.312 e. The van der Waals surface area contributed by atoms with E-state index in [1.807, 2.05) is 20.8 Å². The number of rotatable bonds is 25. The van der Waals surface area contributed by atoms with Gasteiger partial charge in [-0.05, 0) is 27.2 Å². The van der Waals surface area contributed by atoms with Crippen LogP contribution in [0.15, 0.2) is 12.2 Å². The summed E-state index contributed by atoms with van der Waals surface area (Å²) >= 11 is 1.61. The first-order chi connectivity index (χ1) is 16.8. The molecule has 0 amide bonds. The number of carbonyl (C=O) groups is 2. The van der Waals surface area contributed by atoms with Crippen LogP contribution in [0.4, 0.5) is 0 Å². The van der Waals surface area contributed by atoms with Gasteiger partial charge in [-0.25, -0.2) is 0 Å². The van der Waals surface area contributed by atoms with Crippen LogP contribution in [-0.4, -0.2) is 36.7 Å². The number of esters is 2. The number of ether oxygens (including phenoxy) is 2. The Bertz CT molecular complexity index is 544. The minimum atomic E-state index is -0.526. The lowest BCUT2D eigenvalue weighted by atomic mass is 9.97. The van der Waals surface area contributed by atoms with E-state index in [2.05, 4.69) is 13.5 Å². The average molecular weight is 513 g/mol. The van der Waals surface area contributed by atoms with Crippen molar-refractivity contribution in [2.24, 2.45) is 5.41 Å². The molecule has 0 aliphatic rings. The Hall–Kier alpha value is -0.970. The average Bonchev–Trinajstić information content (AvgIpc) is 2.80. The highest BCUT2D eigenvalue weighted by molar-refractivity contribution is 7.99. The van der Waals surface area contributed by atoms with Gasteiger partial charge in [0.25, 0.3) is 0 Å². The quantitative estimate of drug-likeness (QED) is 0.0693. The summed E-state index contributed by atoms with van der Waals surface area (Å²) in [5, 5.41) is 0. The molecule has 0 aliphatic heterocycles. The molecular formula is C30H56O4S. The summed E-state index contributed by atoms with van der Waals surface area (Å²) < 4.78 is 10.7. The van der Waals surface area contributed by atoms with Crippen molar-refractivity contribution in [2.75, 3.05) is 24.7 Å². The van der Waals surface area contributed by atoms with E-state index in [1.54, 1.807) is 11.8 Å². The molecule has 0 radical (unpaired) electrons. The normalized spacial score (nSPS) is 11.4. The second-order valence-electron chi connectivity index (χ2n) is 10.7. The van der Waals surface area contributed by atoms with E-state index in [-0.39, 0.29) is 18.4 Å². The van der Waals surface area contributed by atoms with Crippen LogP contribution < -0.4 is 0 Å². The van der Waals surface area contributed by atoms with Gasteiger partial charge >= 0.3 is 11.9 Å². The molecule has 0 bridgehead atoms. The highest BCUT2D eigenvalue weighted by Gasteiger charge is 2.29. The van der Waals surface area contributed by atoms with Crippen molar-refractivity contribution in [3.63, 3.8) is 0 Å². The highest BCUT2D eigenvalue weighted by atomic mass is 32.2. The zero-order valence-electron chi connectivity index (χ0n) is 23.6. The van der Waals surface area contributed by atoms with Crippen LogP contribution in [0.25, 0.3) is 0 Å². The van der Waals surface area contributed by atoms with Crippen molar-refractivity contribution in [3.8, 4) is 0 Å².